The third-order valence-corrected chi connectivity index (χ3v) is 1.96. The number of rotatable bonds is 6. The summed E-state index contributed by atoms with van der Waals surface area (Å²) in [5, 5.41) is 8.52. The average Bonchev–Trinajstić information content (AvgIpc) is 2.21. The van der Waals surface area contributed by atoms with Gasteiger partial charge in [-0.05, 0) is 20.0 Å². The van der Waals surface area contributed by atoms with E-state index in [1.54, 1.807) is 0 Å². The van der Waals surface area contributed by atoms with Crippen molar-refractivity contribution in [1.29, 1.82) is 0 Å². The number of ether oxygens (including phenoxy) is 1. The van der Waals surface area contributed by atoms with Crippen LogP contribution in [0.15, 0.2) is 0 Å². The SMILES string of the molecule is CCN(CC)CC#C[C@@H](C)OCCO. The van der Waals surface area contributed by atoms with Crippen LogP contribution in [0.4, 0.5) is 0 Å². The summed E-state index contributed by atoms with van der Waals surface area (Å²) < 4.78 is 5.20. The molecule has 0 unspecified atom stereocenters. The molecule has 82 valence electrons. The van der Waals surface area contributed by atoms with Crippen molar-refractivity contribution in [2.45, 2.75) is 26.9 Å². The minimum atomic E-state index is -0.0855. The molecular weight excluding hydrogens is 178 g/mol. The van der Waals surface area contributed by atoms with E-state index in [1.807, 2.05) is 6.92 Å². The van der Waals surface area contributed by atoms with Gasteiger partial charge in [0.1, 0.15) is 6.10 Å². The van der Waals surface area contributed by atoms with Crippen molar-refractivity contribution in [3.8, 4) is 11.8 Å². The van der Waals surface area contributed by atoms with Crippen molar-refractivity contribution in [2.24, 2.45) is 0 Å². The molecule has 3 heteroatoms. The largest absolute Gasteiger partial charge is 0.394 e. The molecule has 0 saturated carbocycles. The van der Waals surface area contributed by atoms with Gasteiger partial charge in [0, 0.05) is 0 Å². The van der Waals surface area contributed by atoms with Crippen molar-refractivity contribution < 1.29 is 9.84 Å². The summed E-state index contributed by atoms with van der Waals surface area (Å²) >= 11 is 0. The third kappa shape index (κ3) is 6.90. The lowest BCUT2D eigenvalue weighted by atomic mass is 10.4. The van der Waals surface area contributed by atoms with Gasteiger partial charge in [0.15, 0.2) is 0 Å². The highest BCUT2D eigenvalue weighted by molar-refractivity contribution is 5.05. The molecule has 0 rings (SSSR count). The summed E-state index contributed by atoms with van der Waals surface area (Å²) in [5.41, 5.74) is 0. The Balaban J connectivity index is 3.68. The monoisotopic (exact) mass is 199 g/mol. The smallest absolute Gasteiger partial charge is 0.115 e. The fourth-order valence-electron chi connectivity index (χ4n) is 1.02. The first kappa shape index (κ1) is 13.4. The van der Waals surface area contributed by atoms with Gasteiger partial charge in [-0.1, -0.05) is 25.7 Å². The maximum absolute atomic E-state index is 8.52. The van der Waals surface area contributed by atoms with Gasteiger partial charge >= 0.3 is 0 Å². The quantitative estimate of drug-likeness (QED) is 0.640. The molecule has 0 aromatic heterocycles. The second kappa shape index (κ2) is 9.01. The first-order valence-electron chi connectivity index (χ1n) is 5.17. The van der Waals surface area contributed by atoms with Crippen molar-refractivity contribution in [3.05, 3.63) is 0 Å². The van der Waals surface area contributed by atoms with E-state index < -0.39 is 0 Å². The zero-order chi connectivity index (χ0) is 10.8. The summed E-state index contributed by atoms with van der Waals surface area (Å²) in [6.07, 6.45) is -0.0855. The third-order valence-electron chi connectivity index (χ3n) is 1.96. The second-order valence-electron chi connectivity index (χ2n) is 3.02. The van der Waals surface area contributed by atoms with Crippen LogP contribution in [-0.4, -0.2) is 49.0 Å². The fourth-order valence-corrected chi connectivity index (χ4v) is 1.02. The van der Waals surface area contributed by atoms with Crippen LogP contribution in [0.25, 0.3) is 0 Å². The van der Waals surface area contributed by atoms with Gasteiger partial charge in [0.25, 0.3) is 0 Å². The molecule has 0 aromatic carbocycles. The predicted molar refractivity (Wildman–Crippen MR) is 58.1 cm³/mol. The molecule has 0 bridgehead atoms. The summed E-state index contributed by atoms with van der Waals surface area (Å²) in [7, 11) is 0. The van der Waals surface area contributed by atoms with Crippen LogP contribution in [0.1, 0.15) is 20.8 Å². The zero-order valence-corrected chi connectivity index (χ0v) is 9.42. The molecule has 0 heterocycles. The Morgan fingerprint density at radius 1 is 1.36 bits per heavy atom. The molecular formula is C11H21NO2. The Labute approximate surface area is 87.1 Å². The van der Waals surface area contributed by atoms with E-state index >= 15 is 0 Å². The highest BCUT2D eigenvalue weighted by Gasteiger charge is 1.96. The molecule has 0 aliphatic heterocycles. The first-order valence-corrected chi connectivity index (χ1v) is 5.17. The molecule has 0 aliphatic rings. The van der Waals surface area contributed by atoms with Gasteiger partial charge in [0.2, 0.25) is 0 Å². The molecule has 0 radical (unpaired) electrons. The standard InChI is InChI=1S/C11H21NO2/c1-4-12(5-2)8-6-7-11(3)14-10-9-13/h11,13H,4-5,8-10H2,1-3H3/t11-/m1/s1. The number of aliphatic hydroxyl groups excluding tert-OH is 1. The van der Waals surface area contributed by atoms with Crippen LogP contribution in [0.5, 0.6) is 0 Å². The van der Waals surface area contributed by atoms with E-state index in [0.717, 1.165) is 19.6 Å². The van der Waals surface area contributed by atoms with Crippen molar-refractivity contribution >= 4 is 0 Å². The maximum Gasteiger partial charge on any atom is 0.115 e. The molecule has 1 N–H and O–H groups in total. The number of hydrogen-bond acceptors (Lipinski definition) is 3. The normalized spacial score (nSPS) is 12.4. The molecule has 3 nitrogen and oxygen atoms in total. The zero-order valence-electron chi connectivity index (χ0n) is 9.42. The number of aliphatic hydroxyl groups is 1. The van der Waals surface area contributed by atoms with Crippen LogP contribution in [0.2, 0.25) is 0 Å². The van der Waals surface area contributed by atoms with Crippen molar-refractivity contribution in [1.82, 2.24) is 4.90 Å². The molecule has 0 fully saturated rings. The van der Waals surface area contributed by atoms with E-state index in [9.17, 15) is 0 Å². The molecule has 0 aliphatic carbocycles. The first-order chi connectivity index (χ1) is 6.74. The second-order valence-corrected chi connectivity index (χ2v) is 3.02. The lowest BCUT2D eigenvalue weighted by Crippen LogP contribution is -2.23. The van der Waals surface area contributed by atoms with Crippen LogP contribution in [-0.2, 0) is 4.74 Å². The van der Waals surface area contributed by atoms with Gasteiger partial charge in [-0.3, -0.25) is 4.90 Å². The summed E-state index contributed by atoms with van der Waals surface area (Å²) in [5.74, 6) is 6.06. The van der Waals surface area contributed by atoms with E-state index in [-0.39, 0.29) is 12.7 Å². The van der Waals surface area contributed by atoms with Gasteiger partial charge in [0.05, 0.1) is 19.8 Å². The Hall–Kier alpha value is -0.560. The van der Waals surface area contributed by atoms with Crippen LogP contribution < -0.4 is 0 Å². The Bertz CT molecular complexity index is 179. The maximum atomic E-state index is 8.52. The molecule has 14 heavy (non-hydrogen) atoms. The molecule has 0 spiro atoms. The number of nitrogens with zero attached hydrogens (tertiary/aromatic N) is 1. The Morgan fingerprint density at radius 3 is 2.50 bits per heavy atom. The average molecular weight is 199 g/mol. The topological polar surface area (TPSA) is 32.7 Å². The van der Waals surface area contributed by atoms with Gasteiger partial charge in [-0.2, -0.15) is 0 Å². The van der Waals surface area contributed by atoms with Crippen molar-refractivity contribution in [2.75, 3.05) is 32.8 Å². The summed E-state index contributed by atoms with van der Waals surface area (Å²) in [6, 6.07) is 0. The minimum absolute atomic E-state index is 0.0576. The van der Waals surface area contributed by atoms with Crippen LogP contribution in [0, 0.1) is 11.8 Å². The van der Waals surface area contributed by atoms with E-state index in [4.69, 9.17) is 9.84 Å². The van der Waals surface area contributed by atoms with Gasteiger partial charge < -0.3 is 9.84 Å². The Kier molecular flexibility index (Phi) is 8.65. The van der Waals surface area contributed by atoms with Crippen molar-refractivity contribution in [3.63, 3.8) is 0 Å². The van der Waals surface area contributed by atoms with E-state index in [2.05, 4.69) is 30.6 Å². The van der Waals surface area contributed by atoms with E-state index in [1.165, 1.54) is 0 Å². The molecule has 1 atom stereocenters. The number of hydrogen-bond donors (Lipinski definition) is 1. The van der Waals surface area contributed by atoms with Gasteiger partial charge in [-0.25, -0.2) is 0 Å². The molecule has 0 amide bonds. The molecule has 0 saturated heterocycles. The van der Waals surface area contributed by atoms with Crippen LogP contribution >= 0.6 is 0 Å². The minimum Gasteiger partial charge on any atom is -0.394 e. The molecule has 0 aromatic rings. The lowest BCUT2D eigenvalue weighted by molar-refractivity contribution is 0.0687. The highest BCUT2D eigenvalue weighted by Crippen LogP contribution is 1.88. The summed E-state index contributed by atoms with van der Waals surface area (Å²) in [6.45, 7) is 9.40. The fraction of sp³-hybridized carbons (Fsp3) is 0.818. The lowest BCUT2D eigenvalue weighted by Gasteiger charge is -2.13. The highest BCUT2D eigenvalue weighted by atomic mass is 16.5. The summed E-state index contributed by atoms with van der Waals surface area (Å²) in [4.78, 5) is 2.24. The van der Waals surface area contributed by atoms with E-state index in [0.29, 0.717) is 6.61 Å². The Morgan fingerprint density at radius 2 is 2.00 bits per heavy atom. The van der Waals surface area contributed by atoms with Crippen LogP contribution in [0.3, 0.4) is 0 Å². The van der Waals surface area contributed by atoms with Gasteiger partial charge in [-0.15, -0.1) is 0 Å². The predicted octanol–water partition coefficient (Wildman–Crippen LogP) is 0.729.